The Bertz CT molecular complexity index is 521. The molecule has 1 heterocycles. The number of fused-ring (bicyclic) bond motifs is 1. The van der Waals surface area contributed by atoms with Gasteiger partial charge >= 0.3 is 0 Å². The Balaban J connectivity index is 1.97. The fourth-order valence-corrected chi connectivity index (χ4v) is 2.24. The van der Waals surface area contributed by atoms with E-state index in [0.29, 0.717) is 12.0 Å². The van der Waals surface area contributed by atoms with Crippen LogP contribution >= 0.6 is 0 Å². The van der Waals surface area contributed by atoms with E-state index in [9.17, 15) is 0 Å². The van der Waals surface area contributed by atoms with Crippen molar-refractivity contribution >= 4 is 11.0 Å². The normalized spacial score (nSPS) is 13.7. The lowest BCUT2D eigenvalue weighted by Gasteiger charge is -2.20. The highest BCUT2D eigenvalue weighted by Gasteiger charge is 2.16. The molecule has 0 aliphatic carbocycles. The van der Waals surface area contributed by atoms with Gasteiger partial charge in [0.05, 0.1) is 12.6 Å². The minimum absolute atomic E-state index is 0.113. The van der Waals surface area contributed by atoms with Crippen molar-refractivity contribution in [2.45, 2.75) is 40.2 Å². The minimum Gasteiger partial charge on any atom is -0.459 e. The maximum absolute atomic E-state index is 5.94. The molecule has 1 aromatic heterocycles. The average molecular weight is 289 g/mol. The number of ether oxygens (including phenoxy) is 1. The molecule has 1 unspecified atom stereocenters. The Labute approximate surface area is 127 Å². The lowest BCUT2D eigenvalue weighted by Crippen LogP contribution is -2.25. The predicted molar refractivity (Wildman–Crippen MR) is 87.5 cm³/mol. The quantitative estimate of drug-likeness (QED) is 0.760. The fraction of sp³-hybridized carbons (Fsp3) is 0.556. The largest absolute Gasteiger partial charge is 0.459 e. The van der Waals surface area contributed by atoms with E-state index >= 15 is 0 Å². The smallest absolute Gasteiger partial charge is 0.134 e. The summed E-state index contributed by atoms with van der Waals surface area (Å²) in [7, 11) is 0. The number of nitrogens with one attached hydrogen (secondary N) is 1. The van der Waals surface area contributed by atoms with E-state index in [-0.39, 0.29) is 6.04 Å². The van der Waals surface area contributed by atoms with Gasteiger partial charge in [-0.25, -0.2) is 0 Å². The van der Waals surface area contributed by atoms with Gasteiger partial charge in [0, 0.05) is 12.0 Å². The van der Waals surface area contributed by atoms with Crippen LogP contribution in [-0.2, 0) is 4.74 Å². The lowest BCUT2D eigenvalue weighted by atomic mass is 9.93. The maximum Gasteiger partial charge on any atom is 0.134 e. The first kappa shape index (κ1) is 16.1. The predicted octanol–water partition coefficient (Wildman–Crippen LogP) is 4.54. The number of benzene rings is 1. The van der Waals surface area contributed by atoms with Crippen LogP contribution in [0.4, 0.5) is 0 Å². The Kier molecular flexibility index (Phi) is 5.43. The highest BCUT2D eigenvalue weighted by atomic mass is 16.5. The summed E-state index contributed by atoms with van der Waals surface area (Å²) in [6, 6.07) is 10.3. The summed E-state index contributed by atoms with van der Waals surface area (Å²) in [4.78, 5) is 0. The van der Waals surface area contributed by atoms with Gasteiger partial charge in [-0.2, -0.15) is 0 Å². The van der Waals surface area contributed by atoms with Crippen molar-refractivity contribution in [3.63, 3.8) is 0 Å². The third-order valence-electron chi connectivity index (χ3n) is 3.52. The molecule has 3 nitrogen and oxygen atoms in total. The van der Waals surface area contributed by atoms with Gasteiger partial charge < -0.3 is 14.5 Å². The second kappa shape index (κ2) is 7.10. The molecule has 1 aromatic carbocycles. The molecule has 2 aromatic rings. The molecule has 3 heteroatoms. The Morgan fingerprint density at radius 3 is 2.67 bits per heavy atom. The van der Waals surface area contributed by atoms with Crippen LogP contribution in [0.1, 0.15) is 45.9 Å². The lowest BCUT2D eigenvalue weighted by molar-refractivity contribution is 0.0857. The fourth-order valence-electron chi connectivity index (χ4n) is 2.24. The van der Waals surface area contributed by atoms with Gasteiger partial charge in [0.1, 0.15) is 11.3 Å². The highest BCUT2D eigenvalue weighted by molar-refractivity contribution is 5.77. The number of rotatable bonds is 7. The van der Waals surface area contributed by atoms with Crippen LogP contribution < -0.4 is 5.32 Å². The molecule has 0 radical (unpaired) electrons. The van der Waals surface area contributed by atoms with Crippen molar-refractivity contribution in [3.05, 3.63) is 36.1 Å². The van der Waals surface area contributed by atoms with Crippen molar-refractivity contribution in [1.29, 1.82) is 0 Å². The molecule has 1 N–H and O–H groups in total. The summed E-state index contributed by atoms with van der Waals surface area (Å²) in [6.07, 6.45) is 1.06. The van der Waals surface area contributed by atoms with Crippen molar-refractivity contribution in [1.82, 2.24) is 5.32 Å². The zero-order valence-corrected chi connectivity index (χ0v) is 13.6. The molecule has 0 bridgehead atoms. The van der Waals surface area contributed by atoms with Crippen LogP contribution in [0.3, 0.4) is 0 Å². The number of hydrogen-bond acceptors (Lipinski definition) is 3. The Hall–Kier alpha value is -1.32. The first-order valence-corrected chi connectivity index (χ1v) is 7.79. The van der Waals surface area contributed by atoms with E-state index in [2.05, 4.69) is 45.1 Å². The summed E-state index contributed by atoms with van der Waals surface area (Å²) in [6.45, 7) is 11.1. The molecule has 0 spiro atoms. The zero-order chi connectivity index (χ0) is 15.3. The number of furan rings is 1. The third-order valence-corrected chi connectivity index (χ3v) is 3.52. The summed E-state index contributed by atoms with van der Waals surface area (Å²) in [5.74, 6) is 0.953. The van der Waals surface area contributed by atoms with Crippen LogP contribution in [-0.4, -0.2) is 19.8 Å². The van der Waals surface area contributed by atoms with Crippen LogP contribution in [0.15, 0.2) is 34.7 Å². The zero-order valence-electron chi connectivity index (χ0n) is 13.6. The molecule has 0 aliphatic heterocycles. The van der Waals surface area contributed by atoms with Crippen molar-refractivity contribution in [3.8, 4) is 0 Å². The summed E-state index contributed by atoms with van der Waals surface area (Å²) in [5, 5.41) is 4.58. The van der Waals surface area contributed by atoms with Gasteiger partial charge in [-0.1, -0.05) is 45.9 Å². The van der Waals surface area contributed by atoms with Gasteiger partial charge in [-0.3, -0.25) is 0 Å². The van der Waals surface area contributed by atoms with E-state index in [4.69, 9.17) is 9.15 Å². The molecule has 1 atom stereocenters. The van der Waals surface area contributed by atoms with Crippen molar-refractivity contribution in [2.75, 3.05) is 19.8 Å². The second-order valence-electron chi connectivity index (χ2n) is 6.68. The molecule has 0 fully saturated rings. The van der Waals surface area contributed by atoms with E-state index in [0.717, 1.165) is 36.3 Å². The SMILES string of the molecule is CCNC(COCCC(C)(C)C)c1cc2ccccc2o1. The van der Waals surface area contributed by atoms with Crippen LogP contribution in [0.25, 0.3) is 11.0 Å². The van der Waals surface area contributed by atoms with Gasteiger partial charge in [-0.15, -0.1) is 0 Å². The van der Waals surface area contributed by atoms with Gasteiger partial charge in [0.15, 0.2) is 0 Å². The third kappa shape index (κ3) is 4.87. The molecular weight excluding hydrogens is 262 g/mol. The van der Waals surface area contributed by atoms with Gasteiger partial charge in [0.2, 0.25) is 0 Å². The van der Waals surface area contributed by atoms with Gasteiger partial charge in [0.25, 0.3) is 0 Å². The van der Waals surface area contributed by atoms with Crippen LogP contribution in [0, 0.1) is 5.41 Å². The van der Waals surface area contributed by atoms with Crippen molar-refractivity contribution in [2.24, 2.45) is 5.41 Å². The van der Waals surface area contributed by atoms with E-state index in [1.54, 1.807) is 0 Å². The summed E-state index contributed by atoms with van der Waals surface area (Å²) >= 11 is 0. The summed E-state index contributed by atoms with van der Waals surface area (Å²) < 4.78 is 11.8. The topological polar surface area (TPSA) is 34.4 Å². The highest BCUT2D eigenvalue weighted by Crippen LogP contribution is 2.24. The first-order valence-electron chi connectivity index (χ1n) is 7.79. The monoisotopic (exact) mass is 289 g/mol. The van der Waals surface area contributed by atoms with Crippen LogP contribution in [0.5, 0.6) is 0 Å². The molecule has 21 heavy (non-hydrogen) atoms. The van der Waals surface area contributed by atoms with E-state index < -0.39 is 0 Å². The van der Waals surface area contributed by atoms with E-state index in [1.807, 2.05) is 18.2 Å². The Morgan fingerprint density at radius 2 is 2.00 bits per heavy atom. The Morgan fingerprint density at radius 1 is 1.24 bits per heavy atom. The minimum atomic E-state index is 0.113. The first-order chi connectivity index (χ1) is 9.99. The number of para-hydroxylation sites is 1. The summed E-state index contributed by atoms with van der Waals surface area (Å²) in [5.41, 5.74) is 1.25. The van der Waals surface area contributed by atoms with E-state index in [1.165, 1.54) is 0 Å². The molecule has 0 amide bonds. The molecule has 2 rings (SSSR count). The molecule has 0 saturated heterocycles. The molecule has 0 aliphatic rings. The number of hydrogen-bond donors (Lipinski definition) is 1. The average Bonchev–Trinajstić information content (AvgIpc) is 2.84. The molecular formula is C18H27NO2. The van der Waals surface area contributed by atoms with Crippen molar-refractivity contribution < 1.29 is 9.15 Å². The molecule has 116 valence electrons. The standard InChI is InChI=1S/C18H27NO2/c1-5-19-15(13-20-11-10-18(2,3)4)17-12-14-8-6-7-9-16(14)21-17/h6-9,12,15,19H,5,10-11,13H2,1-4H3. The number of likely N-dealkylation sites (N-methyl/N-ethyl adjacent to an activating group) is 1. The molecule has 0 saturated carbocycles. The van der Waals surface area contributed by atoms with Gasteiger partial charge in [-0.05, 0) is 30.5 Å². The van der Waals surface area contributed by atoms with Crippen LogP contribution in [0.2, 0.25) is 0 Å². The second-order valence-corrected chi connectivity index (χ2v) is 6.68. The maximum atomic E-state index is 5.94.